The SMILES string of the molecule is Cc1ccc(C(=O)N2CCN(CCC(=O)Nc3ccc(F)cc3)CC2)s1. The molecule has 2 amide bonds. The molecule has 0 aliphatic carbocycles. The number of nitrogens with zero attached hydrogens (tertiary/aromatic N) is 2. The number of benzene rings is 1. The van der Waals surface area contributed by atoms with E-state index in [4.69, 9.17) is 0 Å². The molecular formula is C19H22FN3O2S. The highest BCUT2D eigenvalue weighted by molar-refractivity contribution is 7.13. The van der Waals surface area contributed by atoms with Crippen LogP contribution in [0.15, 0.2) is 36.4 Å². The molecule has 1 aromatic heterocycles. The van der Waals surface area contributed by atoms with E-state index in [9.17, 15) is 14.0 Å². The lowest BCUT2D eigenvalue weighted by molar-refractivity contribution is -0.116. The number of carbonyl (C=O) groups is 2. The largest absolute Gasteiger partial charge is 0.335 e. The van der Waals surface area contributed by atoms with Gasteiger partial charge in [0.05, 0.1) is 4.88 Å². The highest BCUT2D eigenvalue weighted by Crippen LogP contribution is 2.18. The van der Waals surface area contributed by atoms with Gasteiger partial charge < -0.3 is 10.2 Å². The van der Waals surface area contributed by atoms with Gasteiger partial charge in [0.1, 0.15) is 5.82 Å². The summed E-state index contributed by atoms with van der Waals surface area (Å²) in [6.07, 6.45) is 0.370. The smallest absolute Gasteiger partial charge is 0.264 e. The Morgan fingerprint density at radius 3 is 2.38 bits per heavy atom. The minimum atomic E-state index is -0.326. The minimum absolute atomic E-state index is 0.0934. The van der Waals surface area contributed by atoms with Gasteiger partial charge in [0.2, 0.25) is 5.91 Å². The summed E-state index contributed by atoms with van der Waals surface area (Å²) >= 11 is 1.52. The Kier molecular flexibility index (Phi) is 6.00. The first-order valence-electron chi connectivity index (χ1n) is 8.65. The van der Waals surface area contributed by atoms with Crippen LogP contribution < -0.4 is 5.32 Å². The Morgan fingerprint density at radius 1 is 1.08 bits per heavy atom. The predicted octanol–water partition coefficient (Wildman–Crippen LogP) is 2.98. The second kappa shape index (κ2) is 8.42. The van der Waals surface area contributed by atoms with Crippen LogP contribution in [-0.2, 0) is 4.79 Å². The average Bonchev–Trinajstić information content (AvgIpc) is 3.08. The van der Waals surface area contributed by atoms with Crippen molar-refractivity contribution in [2.75, 3.05) is 38.0 Å². The van der Waals surface area contributed by atoms with Crippen LogP contribution in [0.3, 0.4) is 0 Å². The Bertz CT molecular complexity index is 767. The summed E-state index contributed by atoms with van der Waals surface area (Å²) in [7, 11) is 0. The van der Waals surface area contributed by atoms with Crippen LogP contribution in [0.2, 0.25) is 0 Å². The molecule has 0 saturated carbocycles. The summed E-state index contributed by atoms with van der Waals surface area (Å²) in [6.45, 7) is 5.52. The van der Waals surface area contributed by atoms with Gasteiger partial charge in [-0.25, -0.2) is 4.39 Å². The second-order valence-electron chi connectivity index (χ2n) is 6.35. The first-order valence-corrected chi connectivity index (χ1v) is 9.46. The van der Waals surface area contributed by atoms with E-state index in [1.165, 1.54) is 23.5 Å². The molecule has 1 N–H and O–H groups in total. The molecule has 0 atom stereocenters. The molecule has 0 radical (unpaired) electrons. The summed E-state index contributed by atoms with van der Waals surface area (Å²) in [6, 6.07) is 9.58. The summed E-state index contributed by atoms with van der Waals surface area (Å²) in [5.41, 5.74) is 0.595. The van der Waals surface area contributed by atoms with Crippen molar-refractivity contribution in [1.82, 2.24) is 9.80 Å². The molecule has 0 bridgehead atoms. The van der Waals surface area contributed by atoms with Crippen LogP contribution in [0.4, 0.5) is 10.1 Å². The van der Waals surface area contributed by atoms with E-state index < -0.39 is 0 Å². The minimum Gasteiger partial charge on any atom is -0.335 e. The van der Waals surface area contributed by atoms with Crippen LogP contribution in [0.5, 0.6) is 0 Å². The highest BCUT2D eigenvalue weighted by Gasteiger charge is 2.23. The second-order valence-corrected chi connectivity index (χ2v) is 7.64. The van der Waals surface area contributed by atoms with Gasteiger partial charge in [0.25, 0.3) is 5.91 Å². The fourth-order valence-corrected chi connectivity index (χ4v) is 3.73. The number of rotatable bonds is 5. The third-order valence-electron chi connectivity index (χ3n) is 4.39. The fraction of sp³-hybridized carbons (Fsp3) is 0.368. The molecule has 1 aliphatic heterocycles. The third kappa shape index (κ3) is 4.89. The van der Waals surface area contributed by atoms with Gasteiger partial charge in [-0.05, 0) is 43.3 Å². The molecule has 7 heteroatoms. The molecule has 5 nitrogen and oxygen atoms in total. The summed E-state index contributed by atoms with van der Waals surface area (Å²) in [5.74, 6) is -0.325. The van der Waals surface area contributed by atoms with Crippen molar-refractivity contribution >= 4 is 28.8 Å². The molecule has 1 fully saturated rings. The molecule has 138 valence electrons. The molecule has 26 heavy (non-hydrogen) atoms. The average molecular weight is 375 g/mol. The van der Waals surface area contributed by atoms with Crippen molar-refractivity contribution in [3.05, 3.63) is 52.0 Å². The number of aryl methyl sites for hydroxylation is 1. The van der Waals surface area contributed by atoms with Gasteiger partial charge in [-0.1, -0.05) is 0 Å². The van der Waals surface area contributed by atoms with Crippen molar-refractivity contribution in [2.24, 2.45) is 0 Å². The fourth-order valence-electron chi connectivity index (χ4n) is 2.90. The van der Waals surface area contributed by atoms with Crippen LogP contribution >= 0.6 is 11.3 Å². The number of amides is 2. The van der Waals surface area contributed by atoms with E-state index in [0.717, 1.165) is 22.8 Å². The maximum absolute atomic E-state index is 12.9. The van der Waals surface area contributed by atoms with E-state index in [-0.39, 0.29) is 17.6 Å². The summed E-state index contributed by atoms with van der Waals surface area (Å²) in [4.78, 5) is 30.4. The summed E-state index contributed by atoms with van der Waals surface area (Å²) < 4.78 is 12.9. The molecule has 2 heterocycles. The Morgan fingerprint density at radius 2 is 1.77 bits per heavy atom. The Labute approximate surface area is 156 Å². The molecule has 2 aromatic rings. The normalized spacial score (nSPS) is 15.1. The van der Waals surface area contributed by atoms with E-state index in [0.29, 0.717) is 31.7 Å². The Balaban J connectivity index is 1.40. The number of piperazine rings is 1. The first kappa shape index (κ1) is 18.5. The van der Waals surface area contributed by atoms with E-state index in [2.05, 4.69) is 10.2 Å². The molecule has 0 unspecified atom stereocenters. The quantitative estimate of drug-likeness (QED) is 0.874. The molecule has 1 saturated heterocycles. The van der Waals surface area contributed by atoms with Crippen molar-refractivity contribution in [3.63, 3.8) is 0 Å². The van der Waals surface area contributed by atoms with E-state index in [1.807, 2.05) is 24.0 Å². The van der Waals surface area contributed by atoms with E-state index in [1.54, 1.807) is 12.1 Å². The number of hydrogen-bond acceptors (Lipinski definition) is 4. The summed E-state index contributed by atoms with van der Waals surface area (Å²) in [5, 5.41) is 2.76. The molecule has 0 spiro atoms. The lowest BCUT2D eigenvalue weighted by Crippen LogP contribution is -2.49. The van der Waals surface area contributed by atoms with Crippen molar-refractivity contribution in [3.8, 4) is 0 Å². The molecular weight excluding hydrogens is 353 g/mol. The van der Waals surface area contributed by atoms with Gasteiger partial charge in [-0.2, -0.15) is 0 Å². The molecule has 1 aromatic carbocycles. The Hall–Kier alpha value is -2.25. The van der Waals surface area contributed by atoms with Gasteiger partial charge in [-0.15, -0.1) is 11.3 Å². The number of nitrogens with one attached hydrogen (secondary N) is 1. The lowest BCUT2D eigenvalue weighted by atomic mass is 10.2. The van der Waals surface area contributed by atoms with Crippen LogP contribution in [0, 0.1) is 12.7 Å². The highest BCUT2D eigenvalue weighted by atomic mass is 32.1. The van der Waals surface area contributed by atoms with Gasteiger partial charge in [-0.3, -0.25) is 14.5 Å². The number of thiophene rings is 1. The van der Waals surface area contributed by atoms with Crippen molar-refractivity contribution in [1.29, 1.82) is 0 Å². The standard InChI is InChI=1S/C19H22FN3O2S/c1-14-2-7-17(26-14)19(25)23-12-10-22(11-13-23)9-8-18(24)21-16-5-3-15(20)4-6-16/h2-7H,8-13H2,1H3,(H,21,24). The van der Waals surface area contributed by atoms with Crippen LogP contribution in [0.25, 0.3) is 0 Å². The van der Waals surface area contributed by atoms with Crippen molar-refractivity contribution < 1.29 is 14.0 Å². The van der Waals surface area contributed by atoms with Crippen LogP contribution in [0.1, 0.15) is 21.0 Å². The van der Waals surface area contributed by atoms with Crippen LogP contribution in [-0.4, -0.2) is 54.3 Å². The maximum atomic E-state index is 12.9. The topological polar surface area (TPSA) is 52.7 Å². The monoisotopic (exact) mass is 375 g/mol. The maximum Gasteiger partial charge on any atom is 0.264 e. The predicted molar refractivity (Wildman–Crippen MR) is 101 cm³/mol. The first-order chi connectivity index (χ1) is 12.5. The lowest BCUT2D eigenvalue weighted by Gasteiger charge is -2.34. The zero-order chi connectivity index (χ0) is 18.5. The number of anilines is 1. The third-order valence-corrected chi connectivity index (χ3v) is 5.38. The number of carbonyl (C=O) groups excluding carboxylic acids is 2. The zero-order valence-electron chi connectivity index (χ0n) is 14.7. The van der Waals surface area contributed by atoms with Gasteiger partial charge >= 0.3 is 0 Å². The zero-order valence-corrected chi connectivity index (χ0v) is 15.5. The number of hydrogen-bond donors (Lipinski definition) is 1. The molecule has 1 aliphatic rings. The van der Waals surface area contributed by atoms with E-state index >= 15 is 0 Å². The van der Waals surface area contributed by atoms with Crippen molar-refractivity contribution in [2.45, 2.75) is 13.3 Å². The molecule has 3 rings (SSSR count). The van der Waals surface area contributed by atoms with Gasteiger partial charge in [0.15, 0.2) is 0 Å². The number of halogens is 1. The van der Waals surface area contributed by atoms with Gasteiger partial charge in [0, 0.05) is 49.7 Å².